The van der Waals surface area contributed by atoms with Crippen LogP contribution in [0.25, 0.3) is 0 Å². The van der Waals surface area contributed by atoms with E-state index in [0.29, 0.717) is 11.7 Å². The summed E-state index contributed by atoms with van der Waals surface area (Å²) in [4.78, 5) is 11.4. The Balaban J connectivity index is 1.53. The van der Waals surface area contributed by atoms with Crippen LogP contribution in [0.2, 0.25) is 0 Å². The average Bonchev–Trinajstić information content (AvgIpc) is 3.28. The first-order valence-corrected chi connectivity index (χ1v) is 7.38. The van der Waals surface area contributed by atoms with Crippen LogP contribution in [0.15, 0.2) is 6.07 Å². The molecule has 2 aliphatic carbocycles. The topological polar surface area (TPSA) is 67.1 Å². The maximum Gasteiger partial charge on any atom is 0.136 e. The van der Waals surface area contributed by atoms with Crippen molar-refractivity contribution in [2.75, 3.05) is 30.7 Å². The second-order valence-electron chi connectivity index (χ2n) is 5.60. The molecule has 0 aromatic carbocycles. The Morgan fingerprint density at radius 3 is 2.74 bits per heavy atom. The van der Waals surface area contributed by atoms with Gasteiger partial charge in [-0.05, 0) is 32.2 Å². The first kappa shape index (κ1) is 12.7. The van der Waals surface area contributed by atoms with Crippen molar-refractivity contribution in [2.45, 2.75) is 44.6 Å². The third-order valence-electron chi connectivity index (χ3n) is 3.88. The summed E-state index contributed by atoms with van der Waals surface area (Å²) in [5, 5.41) is 3.38. The second kappa shape index (κ2) is 5.33. The molecule has 3 rings (SSSR count). The number of nitrogens with one attached hydrogen (secondary N) is 1. The Bertz CT molecular complexity index is 439. The average molecular weight is 261 g/mol. The van der Waals surface area contributed by atoms with Crippen LogP contribution in [0, 0.1) is 0 Å². The number of rotatable bonds is 7. The molecule has 1 aromatic heterocycles. The van der Waals surface area contributed by atoms with Gasteiger partial charge in [0, 0.05) is 31.1 Å². The summed E-state index contributed by atoms with van der Waals surface area (Å²) in [6.45, 7) is 5.35. The van der Waals surface area contributed by atoms with Crippen LogP contribution in [0.5, 0.6) is 0 Å². The molecule has 1 heterocycles. The van der Waals surface area contributed by atoms with Gasteiger partial charge in [0.15, 0.2) is 0 Å². The molecular weight excluding hydrogens is 238 g/mol. The van der Waals surface area contributed by atoms with Crippen molar-refractivity contribution in [3.05, 3.63) is 11.9 Å². The van der Waals surface area contributed by atoms with Gasteiger partial charge in [0.05, 0.1) is 0 Å². The lowest BCUT2D eigenvalue weighted by molar-refractivity contribution is 0.289. The van der Waals surface area contributed by atoms with Crippen molar-refractivity contribution in [2.24, 2.45) is 0 Å². The molecule has 2 aliphatic rings. The molecule has 0 aliphatic heterocycles. The van der Waals surface area contributed by atoms with Gasteiger partial charge in [-0.1, -0.05) is 6.92 Å². The van der Waals surface area contributed by atoms with Crippen LogP contribution in [-0.4, -0.2) is 40.5 Å². The van der Waals surface area contributed by atoms with Gasteiger partial charge in [0.1, 0.15) is 17.5 Å². The van der Waals surface area contributed by atoms with Crippen molar-refractivity contribution in [3.63, 3.8) is 0 Å². The molecule has 0 bridgehead atoms. The number of aromatic nitrogens is 2. The van der Waals surface area contributed by atoms with Crippen LogP contribution in [-0.2, 0) is 0 Å². The molecule has 0 radical (unpaired) electrons. The van der Waals surface area contributed by atoms with Crippen LogP contribution >= 0.6 is 0 Å². The molecule has 1 aromatic rings. The van der Waals surface area contributed by atoms with Gasteiger partial charge in [0.2, 0.25) is 0 Å². The summed E-state index contributed by atoms with van der Waals surface area (Å²) < 4.78 is 0. The highest BCUT2D eigenvalue weighted by Crippen LogP contribution is 2.38. The van der Waals surface area contributed by atoms with Crippen LogP contribution in [0.1, 0.15) is 44.3 Å². The molecule has 19 heavy (non-hydrogen) atoms. The molecule has 0 unspecified atom stereocenters. The molecule has 2 saturated carbocycles. The van der Waals surface area contributed by atoms with E-state index < -0.39 is 0 Å². The van der Waals surface area contributed by atoms with Crippen molar-refractivity contribution in [1.29, 1.82) is 0 Å². The summed E-state index contributed by atoms with van der Waals surface area (Å²) in [5.74, 6) is 2.91. The summed E-state index contributed by atoms with van der Waals surface area (Å²) in [6, 6.07) is 2.66. The zero-order valence-electron chi connectivity index (χ0n) is 11.6. The molecule has 104 valence electrons. The number of nitrogens with zero attached hydrogens (tertiary/aromatic N) is 3. The van der Waals surface area contributed by atoms with E-state index in [2.05, 4.69) is 27.1 Å². The second-order valence-corrected chi connectivity index (χ2v) is 5.60. The van der Waals surface area contributed by atoms with E-state index in [-0.39, 0.29) is 0 Å². The van der Waals surface area contributed by atoms with Gasteiger partial charge in [0.25, 0.3) is 0 Å². The van der Waals surface area contributed by atoms with Gasteiger partial charge in [-0.3, -0.25) is 4.90 Å². The molecule has 5 nitrogen and oxygen atoms in total. The standard InChI is InChI=1S/C14H23N5/c1-2-19(11-5-6-11)8-7-16-13-9-12(15)17-14(18-13)10-3-4-10/h9-11H,2-8H2,1H3,(H3,15,16,17,18). The molecule has 5 heteroatoms. The fourth-order valence-corrected chi connectivity index (χ4v) is 2.47. The van der Waals surface area contributed by atoms with Gasteiger partial charge in [-0.25, -0.2) is 9.97 Å². The third kappa shape index (κ3) is 3.35. The van der Waals surface area contributed by atoms with Gasteiger partial charge < -0.3 is 11.1 Å². The molecule has 0 spiro atoms. The summed E-state index contributed by atoms with van der Waals surface area (Å²) in [6.07, 6.45) is 5.13. The number of nitrogen functional groups attached to an aromatic ring is 1. The Morgan fingerprint density at radius 1 is 1.32 bits per heavy atom. The summed E-state index contributed by atoms with van der Waals surface area (Å²) in [5.41, 5.74) is 5.84. The highest BCUT2D eigenvalue weighted by atomic mass is 15.2. The predicted octanol–water partition coefficient (Wildman–Crippen LogP) is 1.83. The quantitative estimate of drug-likeness (QED) is 0.784. The van der Waals surface area contributed by atoms with Crippen LogP contribution < -0.4 is 11.1 Å². The number of anilines is 2. The van der Waals surface area contributed by atoms with E-state index in [9.17, 15) is 0 Å². The SMILES string of the molecule is CCN(CCNc1cc(N)nc(C2CC2)n1)C1CC1. The minimum atomic E-state index is 0.544. The third-order valence-corrected chi connectivity index (χ3v) is 3.88. The number of nitrogens with two attached hydrogens (primary N) is 1. The number of hydrogen-bond donors (Lipinski definition) is 2. The fraction of sp³-hybridized carbons (Fsp3) is 0.714. The Kier molecular flexibility index (Phi) is 3.55. The van der Waals surface area contributed by atoms with E-state index in [1.165, 1.54) is 25.7 Å². The Labute approximate surface area is 114 Å². The minimum Gasteiger partial charge on any atom is -0.384 e. The van der Waals surface area contributed by atoms with Crippen molar-refractivity contribution >= 4 is 11.6 Å². The normalized spacial score (nSPS) is 18.8. The lowest BCUT2D eigenvalue weighted by atomic mass is 10.3. The molecule has 0 atom stereocenters. The summed E-state index contributed by atoms with van der Waals surface area (Å²) in [7, 11) is 0. The van der Waals surface area contributed by atoms with E-state index in [0.717, 1.165) is 37.3 Å². The zero-order chi connectivity index (χ0) is 13.2. The molecule has 2 fully saturated rings. The predicted molar refractivity (Wildman–Crippen MR) is 77.2 cm³/mol. The highest BCUT2D eigenvalue weighted by Gasteiger charge is 2.28. The van der Waals surface area contributed by atoms with Crippen molar-refractivity contribution < 1.29 is 0 Å². The Hall–Kier alpha value is -1.36. The maximum atomic E-state index is 5.84. The fourth-order valence-electron chi connectivity index (χ4n) is 2.47. The van der Waals surface area contributed by atoms with E-state index in [1.54, 1.807) is 0 Å². The molecule has 0 saturated heterocycles. The number of hydrogen-bond acceptors (Lipinski definition) is 5. The van der Waals surface area contributed by atoms with Gasteiger partial charge >= 0.3 is 0 Å². The first-order chi connectivity index (χ1) is 9.26. The van der Waals surface area contributed by atoms with Gasteiger partial charge in [-0.2, -0.15) is 0 Å². The van der Waals surface area contributed by atoms with Crippen LogP contribution in [0.3, 0.4) is 0 Å². The Morgan fingerprint density at radius 2 is 2.11 bits per heavy atom. The minimum absolute atomic E-state index is 0.544. The van der Waals surface area contributed by atoms with E-state index in [4.69, 9.17) is 5.73 Å². The smallest absolute Gasteiger partial charge is 0.136 e. The number of likely N-dealkylation sites (N-methyl/N-ethyl adjacent to an activating group) is 1. The van der Waals surface area contributed by atoms with E-state index in [1.807, 2.05) is 6.07 Å². The summed E-state index contributed by atoms with van der Waals surface area (Å²) >= 11 is 0. The molecular formula is C14H23N5. The lowest BCUT2D eigenvalue weighted by Gasteiger charge is -2.20. The first-order valence-electron chi connectivity index (χ1n) is 7.38. The molecule has 3 N–H and O–H groups in total. The maximum absolute atomic E-state index is 5.84. The van der Waals surface area contributed by atoms with Gasteiger partial charge in [-0.15, -0.1) is 0 Å². The monoisotopic (exact) mass is 261 g/mol. The highest BCUT2D eigenvalue weighted by molar-refractivity contribution is 5.45. The lowest BCUT2D eigenvalue weighted by Crippen LogP contribution is -2.31. The zero-order valence-corrected chi connectivity index (χ0v) is 11.6. The van der Waals surface area contributed by atoms with E-state index >= 15 is 0 Å². The van der Waals surface area contributed by atoms with Crippen molar-refractivity contribution in [3.8, 4) is 0 Å². The molecule has 0 amide bonds. The van der Waals surface area contributed by atoms with Crippen molar-refractivity contribution in [1.82, 2.24) is 14.9 Å². The van der Waals surface area contributed by atoms with Crippen LogP contribution in [0.4, 0.5) is 11.6 Å². The largest absolute Gasteiger partial charge is 0.384 e.